The number of carbonyl (C=O) groups is 1. The van der Waals surface area contributed by atoms with Crippen LogP contribution in [0.1, 0.15) is 16.1 Å². The molecular formula is C20H21N3O4. The van der Waals surface area contributed by atoms with E-state index >= 15 is 0 Å². The summed E-state index contributed by atoms with van der Waals surface area (Å²) in [4.78, 5) is 31.6. The van der Waals surface area contributed by atoms with Crippen molar-refractivity contribution >= 4 is 16.8 Å². The van der Waals surface area contributed by atoms with Gasteiger partial charge in [-0.05, 0) is 36.4 Å². The Kier molecular flexibility index (Phi) is 4.68. The number of furan rings is 1. The number of hydrogen-bond acceptors (Lipinski definition) is 5. The predicted molar refractivity (Wildman–Crippen MR) is 101 cm³/mol. The molecule has 0 bridgehead atoms. The number of benzene rings is 1. The molecule has 1 aliphatic heterocycles. The van der Waals surface area contributed by atoms with E-state index in [4.69, 9.17) is 9.15 Å². The van der Waals surface area contributed by atoms with E-state index < -0.39 is 0 Å². The van der Waals surface area contributed by atoms with E-state index in [1.165, 1.54) is 6.26 Å². The largest absolute Gasteiger partial charge is 0.497 e. The SMILES string of the molecule is COc1ccc2[nH]c(=O)c(CN3CCN(C(=O)c4ccco4)CC3)cc2c1. The molecule has 4 rings (SSSR count). The number of amides is 1. The quantitative estimate of drug-likeness (QED) is 0.764. The first kappa shape index (κ1) is 17.4. The molecular weight excluding hydrogens is 346 g/mol. The topological polar surface area (TPSA) is 78.8 Å². The molecule has 1 amide bonds. The molecule has 0 atom stereocenters. The van der Waals surface area contributed by atoms with Crippen LogP contribution in [0.2, 0.25) is 0 Å². The van der Waals surface area contributed by atoms with Crippen LogP contribution >= 0.6 is 0 Å². The molecule has 7 heteroatoms. The van der Waals surface area contributed by atoms with Crippen molar-refractivity contribution in [3.63, 3.8) is 0 Å². The number of H-pyrrole nitrogens is 1. The minimum absolute atomic E-state index is 0.0817. The maximum absolute atomic E-state index is 12.4. The van der Waals surface area contributed by atoms with Crippen molar-refractivity contribution in [2.24, 2.45) is 0 Å². The van der Waals surface area contributed by atoms with E-state index in [-0.39, 0.29) is 11.5 Å². The fourth-order valence-corrected chi connectivity index (χ4v) is 3.38. The molecule has 0 spiro atoms. The summed E-state index contributed by atoms with van der Waals surface area (Å²) >= 11 is 0. The van der Waals surface area contributed by atoms with E-state index in [2.05, 4.69) is 9.88 Å². The van der Waals surface area contributed by atoms with Crippen molar-refractivity contribution < 1.29 is 13.9 Å². The zero-order valence-corrected chi connectivity index (χ0v) is 15.1. The smallest absolute Gasteiger partial charge is 0.289 e. The Labute approximate surface area is 156 Å². The Morgan fingerprint density at radius 2 is 2.00 bits per heavy atom. The molecule has 140 valence electrons. The summed E-state index contributed by atoms with van der Waals surface area (Å²) < 4.78 is 10.4. The van der Waals surface area contributed by atoms with E-state index in [0.717, 1.165) is 16.7 Å². The number of rotatable bonds is 4. The minimum atomic E-state index is -0.0877. The molecule has 0 saturated carbocycles. The molecule has 0 aliphatic carbocycles. The van der Waals surface area contributed by atoms with Crippen LogP contribution in [0.4, 0.5) is 0 Å². The Balaban J connectivity index is 1.45. The summed E-state index contributed by atoms with van der Waals surface area (Å²) in [5, 5.41) is 0.940. The van der Waals surface area contributed by atoms with Crippen molar-refractivity contribution in [3.8, 4) is 5.75 Å². The van der Waals surface area contributed by atoms with Crippen LogP contribution in [-0.4, -0.2) is 54.0 Å². The molecule has 7 nitrogen and oxygen atoms in total. The van der Waals surface area contributed by atoms with Crippen LogP contribution in [0.25, 0.3) is 10.9 Å². The number of fused-ring (bicyclic) bond motifs is 1. The van der Waals surface area contributed by atoms with Crippen molar-refractivity contribution in [2.75, 3.05) is 33.3 Å². The molecule has 3 heterocycles. The third kappa shape index (κ3) is 3.59. The number of pyridine rings is 1. The molecule has 0 unspecified atom stereocenters. The fraction of sp³-hybridized carbons (Fsp3) is 0.300. The van der Waals surface area contributed by atoms with Gasteiger partial charge in [0.1, 0.15) is 5.75 Å². The Bertz CT molecular complexity index is 1000. The third-order valence-electron chi connectivity index (χ3n) is 4.91. The van der Waals surface area contributed by atoms with Crippen LogP contribution in [0.5, 0.6) is 5.75 Å². The normalized spacial score (nSPS) is 15.2. The number of piperazine rings is 1. The molecule has 1 aromatic carbocycles. The lowest BCUT2D eigenvalue weighted by Gasteiger charge is -2.34. The first-order chi connectivity index (χ1) is 13.1. The van der Waals surface area contributed by atoms with Crippen LogP contribution in [-0.2, 0) is 6.54 Å². The zero-order chi connectivity index (χ0) is 18.8. The van der Waals surface area contributed by atoms with Gasteiger partial charge in [-0.25, -0.2) is 0 Å². The van der Waals surface area contributed by atoms with Crippen LogP contribution in [0, 0.1) is 0 Å². The van der Waals surface area contributed by atoms with E-state index in [1.807, 2.05) is 24.3 Å². The lowest BCUT2D eigenvalue weighted by Crippen LogP contribution is -2.48. The number of aromatic nitrogens is 1. The monoisotopic (exact) mass is 367 g/mol. The summed E-state index contributed by atoms with van der Waals surface area (Å²) in [5.74, 6) is 1.03. The maximum atomic E-state index is 12.4. The molecule has 1 fully saturated rings. The first-order valence-corrected chi connectivity index (χ1v) is 8.89. The number of nitrogens with zero attached hydrogens (tertiary/aromatic N) is 2. The number of nitrogens with one attached hydrogen (secondary N) is 1. The van der Waals surface area contributed by atoms with Gasteiger partial charge in [0.05, 0.1) is 13.4 Å². The number of carbonyl (C=O) groups excluding carboxylic acids is 1. The molecule has 1 N–H and O–H groups in total. The minimum Gasteiger partial charge on any atom is -0.497 e. The third-order valence-corrected chi connectivity index (χ3v) is 4.91. The Morgan fingerprint density at radius 1 is 1.19 bits per heavy atom. The van der Waals surface area contributed by atoms with Gasteiger partial charge >= 0.3 is 0 Å². The van der Waals surface area contributed by atoms with Gasteiger partial charge in [0, 0.05) is 49.2 Å². The highest BCUT2D eigenvalue weighted by Gasteiger charge is 2.24. The van der Waals surface area contributed by atoms with Crippen molar-refractivity contribution in [2.45, 2.75) is 6.54 Å². The molecule has 0 radical (unpaired) electrons. The van der Waals surface area contributed by atoms with E-state index in [9.17, 15) is 9.59 Å². The van der Waals surface area contributed by atoms with Crippen molar-refractivity contribution in [1.82, 2.24) is 14.8 Å². The average Bonchev–Trinajstić information content (AvgIpc) is 3.23. The number of ether oxygens (including phenoxy) is 1. The van der Waals surface area contributed by atoms with Gasteiger partial charge in [-0.1, -0.05) is 0 Å². The van der Waals surface area contributed by atoms with Gasteiger partial charge in [0.2, 0.25) is 0 Å². The second-order valence-corrected chi connectivity index (χ2v) is 6.62. The highest BCUT2D eigenvalue weighted by molar-refractivity contribution is 5.91. The van der Waals surface area contributed by atoms with Gasteiger partial charge in [-0.15, -0.1) is 0 Å². The number of aromatic amines is 1. The molecule has 3 aromatic rings. The van der Waals surface area contributed by atoms with Crippen LogP contribution < -0.4 is 10.3 Å². The van der Waals surface area contributed by atoms with E-state index in [0.29, 0.717) is 44.0 Å². The van der Waals surface area contributed by atoms with Gasteiger partial charge in [-0.2, -0.15) is 0 Å². The summed E-state index contributed by atoms with van der Waals surface area (Å²) in [7, 11) is 1.62. The van der Waals surface area contributed by atoms with Gasteiger partial charge in [0.15, 0.2) is 5.76 Å². The second kappa shape index (κ2) is 7.28. The standard InChI is InChI=1S/C20H21N3O4/c1-26-16-4-5-17-14(12-16)11-15(19(24)21-17)13-22-6-8-23(9-7-22)20(25)18-3-2-10-27-18/h2-5,10-12H,6-9,13H2,1H3,(H,21,24). The van der Waals surface area contributed by atoms with Crippen molar-refractivity contribution in [1.29, 1.82) is 0 Å². The molecule has 1 saturated heterocycles. The van der Waals surface area contributed by atoms with Crippen LogP contribution in [0.15, 0.2) is 51.9 Å². The summed E-state index contributed by atoms with van der Waals surface area (Å²) in [6.45, 7) is 3.19. The van der Waals surface area contributed by atoms with E-state index in [1.54, 1.807) is 24.1 Å². The van der Waals surface area contributed by atoms with Crippen molar-refractivity contribution in [3.05, 3.63) is 64.3 Å². The van der Waals surface area contributed by atoms with Gasteiger partial charge in [-0.3, -0.25) is 14.5 Å². The number of methoxy groups -OCH3 is 1. The van der Waals surface area contributed by atoms with Gasteiger partial charge in [0.25, 0.3) is 11.5 Å². The predicted octanol–water partition coefficient (Wildman–Crippen LogP) is 2.09. The molecule has 1 aliphatic rings. The maximum Gasteiger partial charge on any atom is 0.289 e. The highest BCUT2D eigenvalue weighted by Crippen LogP contribution is 2.19. The Morgan fingerprint density at radius 3 is 2.70 bits per heavy atom. The summed E-state index contributed by atoms with van der Waals surface area (Å²) in [6, 6.07) is 10.9. The summed E-state index contributed by atoms with van der Waals surface area (Å²) in [6.07, 6.45) is 1.50. The Hall–Kier alpha value is -3.06. The average molecular weight is 367 g/mol. The fourth-order valence-electron chi connectivity index (χ4n) is 3.38. The second-order valence-electron chi connectivity index (χ2n) is 6.62. The van der Waals surface area contributed by atoms with Crippen LogP contribution in [0.3, 0.4) is 0 Å². The highest BCUT2D eigenvalue weighted by atomic mass is 16.5. The first-order valence-electron chi connectivity index (χ1n) is 8.89. The molecule has 2 aromatic heterocycles. The lowest BCUT2D eigenvalue weighted by molar-refractivity contribution is 0.0597. The molecule has 27 heavy (non-hydrogen) atoms. The van der Waals surface area contributed by atoms with Gasteiger partial charge < -0.3 is 19.0 Å². The lowest BCUT2D eigenvalue weighted by atomic mass is 10.1. The summed E-state index contributed by atoms with van der Waals surface area (Å²) in [5.41, 5.74) is 1.42. The zero-order valence-electron chi connectivity index (χ0n) is 15.1. The number of hydrogen-bond donors (Lipinski definition) is 1.